The third kappa shape index (κ3) is 3.06. The van der Waals surface area contributed by atoms with Crippen LogP contribution in [0.2, 0.25) is 0 Å². The van der Waals surface area contributed by atoms with E-state index < -0.39 is 18.7 Å². The van der Waals surface area contributed by atoms with E-state index in [1.165, 1.54) is 27.4 Å². The molecule has 0 aliphatic carbocycles. The molecule has 0 aliphatic heterocycles. The van der Waals surface area contributed by atoms with Gasteiger partial charge in [0.1, 0.15) is 0 Å². The van der Waals surface area contributed by atoms with Gasteiger partial charge in [-0.1, -0.05) is 0 Å². The molecule has 0 amide bonds. The summed E-state index contributed by atoms with van der Waals surface area (Å²) < 4.78 is 8.30. The average molecular weight is 434 g/mol. The molecule has 0 aromatic heterocycles. The molecule has 0 saturated carbocycles. The molecule has 3 rings (SSSR count). The van der Waals surface area contributed by atoms with Crippen LogP contribution in [-0.4, -0.2) is 18.7 Å². The normalized spacial score (nSPS) is 11.0. The van der Waals surface area contributed by atoms with Gasteiger partial charge in [0, 0.05) is 0 Å². The first-order chi connectivity index (χ1) is 12.1. The molecule has 124 valence electrons. The number of hydrogen-bond acceptors (Lipinski definition) is 1. The Bertz CT molecular complexity index is 848. The van der Waals surface area contributed by atoms with Crippen molar-refractivity contribution in [3.63, 3.8) is 0 Å². The van der Waals surface area contributed by atoms with Crippen molar-refractivity contribution in [2.45, 2.75) is 20.8 Å². The molecule has 0 unspecified atom stereocenters. The van der Waals surface area contributed by atoms with Crippen LogP contribution in [0.3, 0.4) is 0 Å². The van der Waals surface area contributed by atoms with Gasteiger partial charge in [-0.3, -0.25) is 0 Å². The van der Waals surface area contributed by atoms with E-state index in [0.29, 0.717) is 0 Å². The summed E-state index contributed by atoms with van der Waals surface area (Å²) in [5, 5.41) is 0. The predicted molar refractivity (Wildman–Crippen MR) is 107 cm³/mol. The minimum absolute atomic E-state index is 1.19. The summed E-state index contributed by atoms with van der Waals surface area (Å²) >= 11 is -3.85. The van der Waals surface area contributed by atoms with Crippen LogP contribution in [0.1, 0.15) is 16.7 Å². The van der Waals surface area contributed by atoms with Gasteiger partial charge in [-0.25, -0.2) is 0 Å². The Morgan fingerprint density at radius 3 is 1.24 bits per heavy atom. The number of aryl methyl sites for hydroxylation is 3. The Labute approximate surface area is 153 Å². The molecule has 0 spiro atoms. The zero-order valence-electron chi connectivity index (χ0n) is 14.8. The van der Waals surface area contributed by atoms with E-state index in [1.54, 1.807) is 0 Å². The molecule has 3 aromatic carbocycles. The average Bonchev–Trinajstić information content (AvgIpc) is 2.62. The predicted octanol–water partition coefficient (Wildman–Crippen LogP) is 3.89. The number of azide groups is 1. The van der Waals surface area contributed by atoms with E-state index in [-0.39, 0.29) is 0 Å². The first-order valence-electron chi connectivity index (χ1n) is 8.36. The Hall–Kier alpha value is -2.23. The minimum atomic E-state index is -3.85. The maximum atomic E-state index is 9.57. The van der Waals surface area contributed by atoms with Crippen LogP contribution >= 0.6 is 0 Å². The van der Waals surface area contributed by atoms with Crippen molar-refractivity contribution < 1.29 is 0 Å². The second kappa shape index (κ2) is 7.34. The van der Waals surface area contributed by atoms with E-state index in [4.69, 9.17) is 0 Å². The van der Waals surface area contributed by atoms with E-state index in [2.05, 4.69) is 83.6 Å². The summed E-state index contributed by atoms with van der Waals surface area (Å²) in [6, 6.07) is 25.1. The molecular formula is C21H21N3Sn. The fraction of sp³-hybridized carbons (Fsp3) is 0.143. The summed E-state index contributed by atoms with van der Waals surface area (Å²) in [5.41, 5.74) is 13.1. The molecule has 0 N–H and O–H groups in total. The van der Waals surface area contributed by atoms with Crippen LogP contribution in [0.5, 0.6) is 0 Å². The molecule has 3 aromatic rings. The van der Waals surface area contributed by atoms with Crippen LogP contribution in [0.4, 0.5) is 0 Å². The van der Waals surface area contributed by atoms with Gasteiger partial charge >= 0.3 is 153 Å². The number of rotatable bonds is 4. The zero-order valence-corrected chi connectivity index (χ0v) is 17.6. The van der Waals surface area contributed by atoms with Crippen molar-refractivity contribution in [2.24, 2.45) is 3.34 Å². The SMILES string of the molecule is Cc1cccc[c]1[Sn]([N]=[N+]=[N-])([c]1ccccc1C)[c]1ccccc1C. The van der Waals surface area contributed by atoms with E-state index >= 15 is 0 Å². The molecule has 0 bridgehead atoms. The van der Waals surface area contributed by atoms with Crippen LogP contribution in [-0.2, 0) is 0 Å². The van der Waals surface area contributed by atoms with Gasteiger partial charge in [-0.2, -0.15) is 0 Å². The van der Waals surface area contributed by atoms with Crippen molar-refractivity contribution in [3.05, 3.63) is 99.9 Å². The van der Waals surface area contributed by atoms with Gasteiger partial charge in [-0.05, 0) is 0 Å². The van der Waals surface area contributed by atoms with Gasteiger partial charge in [0.2, 0.25) is 0 Å². The molecule has 0 aliphatic rings. The van der Waals surface area contributed by atoms with Crippen molar-refractivity contribution in [1.82, 2.24) is 0 Å². The molecule has 0 atom stereocenters. The van der Waals surface area contributed by atoms with Crippen molar-refractivity contribution in [3.8, 4) is 0 Å². The van der Waals surface area contributed by atoms with E-state index in [1.807, 2.05) is 18.2 Å². The van der Waals surface area contributed by atoms with Gasteiger partial charge in [0.25, 0.3) is 0 Å². The molecule has 0 radical (unpaired) electrons. The summed E-state index contributed by atoms with van der Waals surface area (Å²) in [7, 11) is 0. The van der Waals surface area contributed by atoms with Crippen molar-refractivity contribution in [2.75, 3.05) is 0 Å². The molecule has 0 heterocycles. The molecule has 0 fully saturated rings. The second-order valence-electron chi connectivity index (χ2n) is 6.34. The van der Waals surface area contributed by atoms with Crippen molar-refractivity contribution >= 4 is 29.4 Å². The number of nitrogens with zero attached hydrogens (tertiary/aromatic N) is 3. The first kappa shape index (κ1) is 17.6. The third-order valence-corrected chi connectivity index (χ3v) is 17.4. The zero-order chi connectivity index (χ0) is 17.9. The van der Waals surface area contributed by atoms with E-state index in [0.717, 1.165) is 0 Å². The van der Waals surface area contributed by atoms with Gasteiger partial charge in [0.05, 0.1) is 0 Å². The second-order valence-corrected chi connectivity index (χ2v) is 15.6. The van der Waals surface area contributed by atoms with Crippen LogP contribution in [0.15, 0.2) is 76.1 Å². The van der Waals surface area contributed by atoms with Crippen molar-refractivity contribution in [1.29, 1.82) is 0 Å². The maximum absolute atomic E-state index is 9.57. The summed E-state index contributed by atoms with van der Waals surface area (Å²) in [6.07, 6.45) is 0. The van der Waals surface area contributed by atoms with Crippen LogP contribution in [0.25, 0.3) is 10.4 Å². The summed E-state index contributed by atoms with van der Waals surface area (Å²) in [4.78, 5) is 3.38. The topological polar surface area (TPSA) is 48.8 Å². The van der Waals surface area contributed by atoms with Crippen LogP contribution < -0.4 is 10.7 Å². The van der Waals surface area contributed by atoms with E-state index in [9.17, 15) is 5.53 Å². The Kier molecular flexibility index (Phi) is 5.16. The third-order valence-electron chi connectivity index (χ3n) is 4.80. The fourth-order valence-electron chi connectivity index (χ4n) is 3.60. The Morgan fingerprint density at radius 2 is 0.960 bits per heavy atom. The standard InChI is InChI=1S/3C7H7.N3.Sn/c3*1-7-5-3-2-4-6-7;1-3-2;/h3*2-5H,1H3;;/q;;;-1;+1. The number of benzene rings is 3. The molecular weight excluding hydrogens is 413 g/mol. The van der Waals surface area contributed by atoms with Gasteiger partial charge in [0.15, 0.2) is 0 Å². The Balaban J connectivity index is 2.51. The molecule has 0 saturated heterocycles. The fourth-order valence-corrected chi connectivity index (χ4v) is 15.9. The monoisotopic (exact) mass is 435 g/mol. The molecule has 4 heteroatoms. The summed E-state index contributed by atoms with van der Waals surface area (Å²) in [5.74, 6) is 0. The molecule has 25 heavy (non-hydrogen) atoms. The number of hydrogen-bond donors (Lipinski definition) is 0. The van der Waals surface area contributed by atoms with Gasteiger partial charge in [-0.15, -0.1) is 0 Å². The quantitative estimate of drug-likeness (QED) is 0.259. The Morgan fingerprint density at radius 1 is 0.640 bits per heavy atom. The first-order valence-corrected chi connectivity index (χ1v) is 13.9. The van der Waals surface area contributed by atoms with Gasteiger partial charge < -0.3 is 0 Å². The van der Waals surface area contributed by atoms with Crippen LogP contribution in [0, 0.1) is 20.8 Å². The molecule has 3 nitrogen and oxygen atoms in total. The summed E-state index contributed by atoms with van der Waals surface area (Å²) in [6.45, 7) is 6.35.